The topological polar surface area (TPSA) is 40.1 Å². The van der Waals surface area contributed by atoms with E-state index in [-0.39, 0.29) is 18.8 Å². The quantitative estimate of drug-likeness (QED) is 0.499. The number of aliphatic hydroxyl groups is 1. The van der Waals surface area contributed by atoms with Crippen LogP contribution in [-0.2, 0) is 5.11 Å². The van der Waals surface area contributed by atoms with E-state index < -0.39 is 0 Å². The summed E-state index contributed by atoms with van der Waals surface area (Å²) >= 11 is 0. The molecule has 0 aromatic carbocycles. The molecule has 6 heavy (non-hydrogen) atoms. The summed E-state index contributed by atoms with van der Waals surface area (Å²) in [6.07, 6.45) is 0.181. The van der Waals surface area contributed by atoms with Crippen molar-refractivity contribution in [3.63, 3.8) is 0 Å². The fourth-order valence-corrected chi connectivity index (χ4v) is 0.118. The summed E-state index contributed by atoms with van der Waals surface area (Å²) in [7, 11) is 0. The lowest BCUT2D eigenvalue weighted by molar-refractivity contribution is 0.183. The number of aliphatic hydroxyl groups excluding tert-OH is 1. The van der Waals surface area contributed by atoms with E-state index in [4.69, 9.17) is 5.11 Å². The molecular formula is C4H7O2. The van der Waals surface area contributed by atoms with E-state index >= 15 is 0 Å². The maximum atomic E-state index is 9.52. The zero-order valence-electron chi connectivity index (χ0n) is 3.48. The van der Waals surface area contributed by atoms with Gasteiger partial charge in [0.2, 0.25) is 0 Å². The van der Waals surface area contributed by atoms with Gasteiger partial charge in [-0.1, -0.05) is 6.58 Å². The van der Waals surface area contributed by atoms with Gasteiger partial charge in [-0.15, -0.1) is 0 Å². The second-order valence-electron chi connectivity index (χ2n) is 1.02. The maximum absolute atomic E-state index is 9.52. The summed E-state index contributed by atoms with van der Waals surface area (Å²) < 4.78 is 0. The fourth-order valence-electron chi connectivity index (χ4n) is 0.118. The molecule has 0 rings (SSSR count). The Kier molecular flexibility index (Phi) is 2.50. The molecule has 0 aromatic rings. The first-order valence-corrected chi connectivity index (χ1v) is 1.72. The minimum absolute atomic E-state index is 0.0231. The summed E-state index contributed by atoms with van der Waals surface area (Å²) in [5.74, 6) is -0.0231. The zero-order chi connectivity index (χ0) is 4.99. The molecule has 2 nitrogen and oxygen atoms in total. The Labute approximate surface area is 36.7 Å². The predicted octanol–water partition coefficient (Wildman–Crippen LogP) is 0.879. The highest BCUT2D eigenvalue weighted by molar-refractivity contribution is 4.76. The van der Waals surface area contributed by atoms with E-state index in [0.717, 1.165) is 0 Å². The minimum Gasteiger partial charge on any atom is -0.513 e. The van der Waals surface area contributed by atoms with Gasteiger partial charge in [-0.05, 0) is 0 Å². The largest absolute Gasteiger partial charge is 0.513 e. The molecule has 35 valence electrons. The fraction of sp³-hybridized carbons (Fsp3) is 0.500. The third-order valence-corrected chi connectivity index (χ3v) is 0.391. The highest BCUT2D eigenvalue weighted by Crippen LogP contribution is 1.86. The lowest BCUT2D eigenvalue weighted by Gasteiger charge is -1.84. The molecule has 0 heterocycles. The molecule has 2 heteroatoms. The Morgan fingerprint density at radius 1 is 1.83 bits per heavy atom. The van der Waals surface area contributed by atoms with Gasteiger partial charge in [0.25, 0.3) is 0 Å². The van der Waals surface area contributed by atoms with Gasteiger partial charge >= 0.3 is 0 Å². The van der Waals surface area contributed by atoms with Crippen LogP contribution in [0.4, 0.5) is 0 Å². The third kappa shape index (κ3) is 3.50. The summed E-state index contributed by atoms with van der Waals surface area (Å²) in [6, 6.07) is 0. The van der Waals surface area contributed by atoms with Gasteiger partial charge in [0.1, 0.15) is 0 Å². The van der Waals surface area contributed by atoms with Crippen LogP contribution in [0.15, 0.2) is 12.3 Å². The van der Waals surface area contributed by atoms with Gasteiger partial charge in [0.05, 0.1) is 12.4 Å². The second kappa shape index (κ2) is 2.72. The van der Waals surface area contributed by atoms with Crippen LogP contribution in [-0.4, -0.2) is 11.7 Å². The van der Waals surface area contributed by atoms with Gasteiger partial charge in [-0.2, -0.15) is 0 Å². The predicted molar refractivity (Wildman–Crippen MR) is 21.9 cm³/mol. The lowest BCUT2D eigenvalue weighted by atomic mass is 10.4. The van der Waals surface area contributed by atoms with Crippen LogP contribution in [0.2, 0.25) is 0 Å². The standard InChI is InChI=1S/C4H7O2/c1-4(6)2-3-5/h6H,1-3H2. The van der Waals surface area contributed by atoms with Gasteiger partial charge in [-0.25, -0.2) is 5.11 Å². The molecule has 0 bridgehead atoms. The van der Waals surface area contributed by atoms with Crippen LogP contribution in [0.1, 0.15) is 6.42 Å². The molecule has 0 amide bonds. The van der Waals surface area contributed by atoms with Crippen molar-refractivity contribution in [3.05, 3.63) is 12.3 Å². The Bertz CT molecular complexity index is 49.5. The van der Waals surface area contributed by atoms with E-state index in [0.29, 0.717) is 0 Å². The van der Waals surface area contributed by atoms with E-state index in [9.17, 15) is 5.11 Å². The first-order valence-electron chi connectivity index (χ1n) is 1.72. The Morgan fingerprint density at radius 3 is 2.33 bits per heavy atom. The van der Waals surface area contributed by atoms with Gasteiger partial charge in [0.15, 0.2) is 0 Å². The highest BCUT2D eigenvalue weighted by atomic mass is 16.3. The summed E-state index contributed by atoms with van der Waals surface area (Å²) in [5, 5.41) is 17.7. The van der Waals surface area contributed by atoms with E-state index in [1.807, 2.05) is 0 Å². The lowest BCUT2D eigenvalue weighted by Crippen LogP contribution is -1.80. The number of hydrogen-bond acceptors (Lipinski definition) is 1. The van der Waals surface area contributed by atoms with Crippen LogP contribution in [0.25, 0.3) is 0 Å². The molecule has 1 N–H and O–H groups in total. The summed E-state index contributed by atoms with van der Waals surface area (Å²) in [5.41, 5.74) is 0. The van der Waals surface area contributed by atoms with E-state index in [2.05, 4.69) is 6.58 Å². The van der Waals surface area contributed by atoms with Gasteiger partial charge < -0.3 is 5.11 Å². The average molecular weight is 87.1 g/mol. The van der Waals surface area contributed by atoms with Crippen molar-refractivity contribution < 1.29 is 10.2 Å². The normalized spacial score (nSPS) is 8.17. The summed E-state index contributed by atoms with van der Waals surface area (Å²) in [6.45, 7) is 2.83. The average Bonchev–Trinajstić information content (AvgIpc) is 1.35. The monoisotopic (exact) mass is 87.0 g/mol. The van der Waals surface area contributed by atoms with E-state index in [1.54, 1.807) is 0 Å². The molecule has 0 unspecified atom stereocenters. The molecule has 1 radical (unpaired) electrons. The van der Waals surface area contributed by atoms with Gasteiger partial charge in [0, 0.05) is 6.42 Å². The molecule has 0 atom stereocenters. The van der Waals surface area contributed by atoms with Crippen molar-refractivity contribution in [3.8, 4) is 0 Å². The third-order valence-electron chi connectivity index (χ3n) is 0.391. The van der Waals surface area contributed by atoms with Crippen LogP contribution in [0.5, 0.6) is 0 Å². The molecule has 0 aromatic heterocycles. The minimum atomic E-state index is -0.269. The van der Waals surface area contributed by atoms with Crippen molar-refractivity contribution in [2.24, 2.45) is 0 Å². The molecule has 0 aliphatic carbocycles. The van der Waals surface area contributed by atoms with Gasteiger partial charge in [-0.3, -0.25) is 0 Å². The smallest absolute Gasteiger partial charge is 0.0892 e. The molecule has 0 aliphatic heterocycles. The van der Waals surface area contributed by atoms with Crippen molar-refractivity contribution in [1.82, 2.24) is 0 Å². The molecule has 0 saturated carbocycles. The van der Waals surface area contributed by atoms with E-state index in [1.165, 1.54) is 0 Å². The molecule has 0 saturated heterocycles. The van der Waals surface area contributed by atoms with Crippen LogP contribution >= 0.6 is 0 Å². The molecule has 0 aliphatic rings. The molecule has 0 fully saturated rings. The Balaban J connectivity index is 2.83. The van der Waals surface area contributed by atoms with Crippen molar-refractivity contribution >= 4 is 0 Å². The Morgan fingerprint density at radius 2 is 2.33 bits per heavy atom. The second-order valence-corrected chi connectivity index (χ2v) is 1.02. The highest BCUT2D eigenvalue weighted by Gasteiger charge is 1.81. The first kappa shape index (κ1) is 5.50. The first-order chi connectivity index (χ1) is 2.77. The van der Waals surface area contributed by atoms with Crippen molar-refractivity contribution in [2.75, 3.05) is 6.61 Å². The number of hydrogen-bond donors (Lipinski definition) is 1. The zero-order valence-corrected chi connectivity index (χ0v) is 3.48. The number of rotatable bonds is 2. The van der Waals surface area contributed by atoms with Crippen LogP contribution < -0.4 is 0 Å². The molecule has 0 spiro atoms. The van der Waals surface area contributed by atoms with Crippen LogP contribution in [0.3, 0.4) is 0 Å². The van der Waals surface area contributed by atoms with Crippen LogP contribution in [0, 0.1) is 0 Å². The van der Waals surface area contributed by atoms with Crippen molar-refractivity contribution in [1.29, 1.82) is 0 Å². The SMILES string of the molecule is C=C(O)CC[O]. The maximum Gasteiger partial charge on any atom is 0.0892 e. The Hall–Kier alpha value is -0.500. The molecular weight excluding hydrogens is 80.0 g/mol. The summed E-state index contributed by atoms with van der Waals surface area (Å²) in [4.78, 5) is 0. The van der Waals surface area contributed by atoms with Crippen molar-refractivity contribution in [2.45, 2.75) is 6.42 Å².